The van der Waals surface area contributed by atoms with Gasteiger partial charge in [0.15, 0.2) is 0 Å². The molecule has 1 N–H and O–H groups in total. The molecule has 0 bridgehead atoms. The summed E-state index contributed by atoms with van der Waals surface area (Å²) in [6, 6.07) is 18.3. The predicted molar refractivity (Wildman–Crippen MR) is 96.9 cm³/mol. The van der Waals surface area contributed by atoms with Crippen molar-refractivity contribution in [2.24, 2.45) is 0 Å². The van der Waals surface area contributed by atoms with Crippen LogP contribution < -0.4 is 10.2 Å². The molecule has 0 spiro atoms. The summed E-state index contributed by atoms with van der Waals surface area (Å²) in [6.45, 7) is 3.39. The van der Waals surface area contributed by atoms with Crippen molar-refractivity contribution in [3.63, 3.8) is 0 Å². The molecule has 0 aliphatic carbocycles. The first-order chi connectivity index (χ1) is 11.7. The van der Waals surface area contributed by atoms with E-state index in [9.17, 15) is 0 Å². The summed E-state index contributed by atoms with van der Waals surface area (Å²) in [7, 11) is 2.06. The quantitative estimate of drug-likeness (QED) is 0.754. The maximum absolute atomic E-state index is 4.55. The van der Waals surface area contributed by atoms with Gasteiger partial charge in [-0.2, -0.15) is 5.10 Å². The molecule has 0 aliphatic heterocycles. The van der Waals surface area contributed by atoms with E-state index in [1.807, 2.05) is 37.4 Å². The van der Waals surface area contributed by atoms with Gasteiger partial charge in [-0.25, -0.2) is 4.98 Å². The van der Waals surface area contributed by atoms with E-state index in [0.717, 1.165) is 29.4 Å². The Bertz CT molecular complexity index is 771. The Hall–Kier alpha value is -2.95. The highest BCUT2D eigenvalue weighted by molar-refractivity contribution is 5.48. The molecule has 0 amide bonds. The highest BCUT2D eigenvalue weighted by Crippen LogP contribution is 2.19. The number of hydrogen-bond acceptors (Lipinski definition) is 5. The van der Waals surface area contributed by atoms with Crippen molar-refractivity contribution < 1.29 is 0 Å². The SMILES string of the molecule is Cc1ccc(NCc2cccnc2N(C)Cc2ccccc2)nn1. The van der Waals surface area contributed by atoms with E-state index in [-0.39, 0.29) is 0 Å². The monoisotopic (exact) mass is 319 g/mol. The summed E-state index contributed by atoms with van der Waals surface area (Å²) in [6.07, 6.45) is 1.83. The number of aromatic nitrogens is 3. The van der Waals surface area contributed by atoms with Gasteiger partial charge in [-0.05, 0) is 30.7 Å². The molecule has 2 aromatic heterocycles. The van der Waals surface area contributed by atoms with Crippen molar-refractivity contribution in [2.75, 3.05) is 17.3 Å². The van der Waals surface area contributed by atoms with E-state index in [0.29, 0.717) is 6.54 Å². The smallest absolute Gasteiger partial charge is 0.148 e. The normalized spacial score (nSPS) is 10.4. The van der Waals surface area contributed by atoms with Gasteiger partial charge in [0.1, 0.15) is 11.6 Å². The number of nitrogens with one attached hydrogen (secondary N) is 1. The standard InChI is InChI=1S/C19H21N5/c1-15-10-11-18(23-22-15)21-13-17-9-6-12-20-19(17)24(2)14-16-7-4-3-5-8-16/h3-12H,13-14H2,1-2H3,(H,21,23). The Labute approximate surface area is 142 Å². The molecule has 0 saturated carbocycles. The number of rotatable bonds is 6. The minimum absolute atomic E-state index is 0.653. The molecule has 2 heterocycles. The van der Waals surface area contributed by atoms with Gasteiger partial charge in [0.05, 0.1) is 5.69 Å². The molecule has 122 valence electrons. The van der Waals surface area contributed by atoms with Crippen molar-refractivity contribution >= 4 is 11.6 Å². The van der Waals surface area contributed by atoms with E-state index >= 15 is 0 Å². The van der Waals surface area contributed by atoms with Crippen LogP contribution in [0.15, 0.2) is 60.8 Å². The van der Waals surface area contributed by atoms with Gasteiger partial charge in [0, 0.05) is 31.9 Å². The van der Waals surface area contributed by atoms with Gasteiger partial charge in [-0.1, -0.05) is 36.4 Å². The second-order valence-electron chi connectivity index (χ2n) is 5.74. The number of benzene rings is 1. The van der Waals surface area contributed by atoms with Crippen LogP contribution >= 0.6 is 0 Å². The largest absolute Gasteiger partial charge is 0.364 e. The van der Waals surface area contributed by atoms with E-state index in [2.05, 4.69) is 62.8 Å². The summed E-state index contributed by atoms with van der Waals surface area (Å²) in [5.74, 6) is 1.73. The molecule has 0 atom stereocenters. The van der Waals surface area contributed by atoms with Crippen LogP contribution in [0.5, 0.6) is 0 Å². The highest BCUT2D eigenvalue weighted by atomic mass is 15.2. The highest BCUT2D eigenvalue weighted by Gasteiger charge is 2.09. The van der Waals surface area contributed by atoms with Crippen LogP contribution in [0.25, 0.3) is 0 Å². The Morgan fingerprint density at radius 3 is 2.54 bits per heavy atom. The van der Waals surface area contributed by atoms with Crippen LogP contribution in [0.1, 0.15) is 16.8 Å². The third-order valence-corrected chi connectivity index (χ3v) is 3.75. The van der Waals surface area contributed by atoms with Crippen molar-refractivity contribution in [3.05, 3.63) is 77.6 Å². The fourth-order valence-corrected chi connectivity index (χ4v) is 2.52. The maximum atomic E-state index is 4.55. The lowest BCUT2D eigenvalue weighted by Crippen LogP contribution is -2.20. The lowest BCUT2D eigenvalue weighted by Gasteiger charge is -2.21. The lowest BCUT2D eigenvalue weighted by molar-refractivity contribution is 0.879. The summed E-state index contributed by atoms with van der Waals surface area (Å²) >= 11 is 0. The summed E-state index contributed by atoms with van der Waals surface area (Å²) in [5, 5.41) is 11.5. The van der Waals surface area contributed by atoms with Crippen molar-refractivity contribution in [1.29, 1.82) is 0 Å². The van der Waals surface area contributed by atoms with Gasteiger partial charge >= 0.3 is 0 Å². The topological polar surface area (TPSA) is 53.9 Å². The molecular formula is C19H21N5. The minimum atomic E-state index is 0.653. The Morgan fingerprint density at radius 1 is 0.958 bits per heavy atom. The molecule has 1 aromatic carbocycles. The molecule has 5 nitrogen and oxygen atoms in total. The fourth-order valence-electron chi connectivity index (χ4n) is 2.52. The first-order valence-electron chi connectivity index (χ1n) is 7.95. The Morgan fingerprint density at radius 2 is 1.79 bits per heavy atom. The molecule has 0 fully saturated rings. The van der Waals surface area contributed by atoms with Crippen LogP contribution in [0, 0.1) is 6.92 Å². The number of aryl methyl sites for hydroxylation is 1. The zero-order valence-corrected chi connectivity index (χ0v) is 14.0. The van der Waals surface area contributed by atoms with Gasteiger partial charge in [-0.15, -0.1) is 5.10 Å². The van der Waals surface area contributed by atoms with Crippen LogP contribution in [-0.2, 0) is 13.1 Å². The molecule has 3 rings (SSSR count). The molecule has 0 unspecified atom stereocenters. The van der Waals surface area contributed by atoms with E-state index in [1.54, 1.807) is 0 Å². The van der Waals surface area contributed by atoms with E-state index in [1.165, 1.54) is 5.56 Å². The van der Waals surface area contributed by atoms with Gasteiger partial charge in [-0.3, -0.25) is 0 Å². The van der Waals surface area contributed by atoms with E-state index in [4.69, 9.17) is 0 Å². The second-order valence-corrected chi connectivity index (χ2v) is 5.74. The summed E-state index contributed by atoms with van der Waals surface area (Å²) < 4.78 is 0. The van der Waals surface area contributed by atoms with Crippen molar-refractivity contribution in [2.45, 2.75) is 20.0 Å². The van der Waals surface area contributed by atoms with Crippen LogP contribution in [0.4, 0.5) is 11.6 Å². The van der Waals surface area contributed by atoms with Gasteiger partial charge in [0.2, 0.25) is 0 Å². The molecule has 0 aliphatic rings. The Kier molecular flexibility index (Phi) is 5.01. The molecule has 3 aromatic rings. The zero-order valence-electron chi connectivity index (χ0n) is 14.0. The molecule has 24 heavy (non-hydrogen) atoms. The summed E-state index contributed by atoms with van der Waals surface area (Å²) in [5.41, 5.74) is 3.29. The lowest BCUT2D eigenvalue weighted by atomic mass is 10.2. The van der Waals surface area contributed by atoms with Crippen molar-refractivity contribution in [1.82, 2.24) is 15.2 Å². The van der Waals surface area contributed by atoms with E-state index < -0.39 is 0 Å². The molecule has 5 heteroatoms. The number of anilines is 2. The maximum Gasteiger partial charge on any atom is 0.148 e. The number of hydrogen-bond donors (Lipinski definition) is 1. The molecule has 0 saturated heterocycles. The van der Waals surface area contributed by atoms with Crippen LogP contribution in [0.2, 0.25) is 0 Å². The fraction of sp³-hybridized carbons (Fsp3) is 0.211. The van der Waals surface area contributed by atoms with Crippen LogP contribution in [0.3, 0.4) is 0 Å². The minimum Gasteiger partial charge on any atom is -0.364 e. The van der Waals surface area contributed by atoms with Crippen LogP contribution in [-0.4, -0.2) is 22.2 Å². The molecule has 0 radical (unpaired) electrons. The second kappa shape index (κ2) is 7.55. The third kappa shape index (κ3) is 4.07. The van der Waals surface area contributed by atoms with Crippen molar-refractivity contribution in [3.8, 4) is 0 Å². The van der Waals surface area contributed by atoms with Gasteiger partial charge < -0.3 is 10.2 Å². The molecular weight excluding hydrogens is 298 g/mol. The summed E-state index contributed by atoms with van der Waals surface area (Å²) in [4.78, 5) is 6.71. The number of nitrogens with zero attached hydrogens (tertiary/aromatic N) is 4. The predicted octanol–water partition coefficient (Wildman–Crippen LogP) is 3.43. The van der Waals surface area contributed by atoms with Gasteiger partial charge in [0.25, 0.3) is 0 Å². The first kappa shape index (κ1) is 15.9. The first-order valence-corrected chi connectivity index (χ1v) is 7.95. The average Bonchev–Trinajstić information content (AvgIpc) is 2.62. The zero-order chi connectivity index (χ0) is 16.8. The Balaban J connectivity index is 1.71. The number of pyridine rings is 1. The average molecular weight is 319 g/mol. The third-order valence-electron chi connectivity index (χ3n) is 3.75.